The molecule has 128 valence electrons. The van der Waals surface area contributed by atoms with E-state index in [9.17, 15) is 14.4 Å². The van der Waals surface area contributed by atoms with Gasteiger partial charge in [0.15, 0.2) is 6.61 Å². The van der Waals surface area contributed by atoms with Crippen LogP contribution >= 0.6 is 0 Å². The second kappa shape index (κ2) is 8.29. The van der Waals surface area contributed by atoms with E-state index >= 15 is 0 Å². The van der Waals surface area contributed by atoms with Gasteiger partial charge in [0.05, 0.1) is 5.92 Å². The second-order valence-corrected chi connectivity index (χ2v) is 5.93. The molecule has 1 atom stereocenters. The van der Waals surface area contributed by atoms with E-state index in [4.69, 9.17) is 10.5 Å². The highest BCUT2D eigenvalue weighted by molar-refractivity contribution is 5.89. The molecular weight excluding hydrogens is 308 g/mol. The maximum Gasteiger partial charge on any atom is 0.331 e. The summed E-state index contributed by atoms with van der Waals surface area (Å²) in [6.45, 7) is 2.50. The van der Waals surface area contributed by atoms with Gasteiger partial charge < -0.3 is 15.4 Å². The van der Waals surface area contributed by atoms with Gasteiger partial charge in [-0.05, 0) is 31.4 Å². The topological polar surface area (TPSA) is 89.7 Å². The molecule has 1 aliphatic rings. The molecular formula is C18H22N2O4. The Hall–Kier alpha value is -2.63. The summed E-state index contributed by atoms with van der Waals surface area (Å²) in [5, 5.41) is 0. The standard InChI is InChI=1S/C18H22N2O4/c1-13-4-6-14(7-5-13)8-9-17(22)24-12-16(21)20-10-2-3-15(11-20)18(19)23/h4-9,15H,2-3,10-12H2,1H3,(H2,19,23)/b9-8+/t15-/m1/s1. The summed E-state index contributed by atoms with van der Waals surface area (Å²) in [6.07, 6.45) is 4.34. The number of hydrogen-bond donors (Lipinski definition) is 1. The molecule has 1 aromatic carbocycles. The smallest absolute Gasteiger partial charge is 0.331 e. The number of nitrogens with zero attached hydrogens (tertiary/aromatic N) is 1. The molecule has 0 saturated carbocycles. The monoisotopic (exact) mass is 330 g/mol. The van der Waals surface area contributed by atoms with Gasteiger partial charge in [-0.1, -0.05) is 29.8 Å². The Kier molecular flexibility index (Phi) is 6.12. The number of carbonyl (C=O) groups excluding carboxylic acids is 3. The summed E-state index contributed by atoms with van der Waals surface area (Å²) >= 11 is 0. The van der Waals surface area contributed by atoms with E-state index in [1.165, 1.54) is 11.0 Å². The van der Waals surface area contributed by atoms with Crippen LogP contribution in [0.3, 0.4) is 0 Å². The first-order valence-corrected chi connectivity index (χ1v) is 7.94. The largest absolute Gasteiger partial charge is 0.452 e. The predicted molar refractivity (Wildman–Crippen MR) is 89.7 cm³/mol. The van der Waals surface area contributed by atoms with Crippen LogP contribution in [0.4, 0.5) is 0 Å². The molecule has 0 radical (unpaired) electrons. The fourth-order valence-electron chi connectivity index (χ4n) is 2.55. The molecule has 0 bridgehead atoms. The molecule has 1 aliphatic heterocycles. The lowest BCUT2D eigenvalue weighted by molar-refractivity contribution is -0.149. The predicted octanol–water partition coefficient (Wildman–Crippen LogP) is 1.28. The van der Waals surface area contributed by atoms with Crippen molar-refractivity contribution in [2.75, 3.05) is 19.7 Å². The van der Waals surface area contributed by atoms with Crippen LogP contribution in [0.25, 0.3) is 6.08 Å². The van der Waals surface area contributed by atoms with Crippen LogP contribution in [0, 0.1) is 12.8 Å². The lowest BCUT2D eigenvalue weighted by atomic mass is 9.97. The van der Waals surface area contributed by atoms with Gasteiger partial charge >= 0.3 is 5.97 Å². The molecule has 1 fully saturated rings. The van der Waals surface area contributed by atoms with Crippen LogP contribution in [-0.4, -0.2) is 42.4 Å². The van der Waals surface area contributed by atoms with Gasteiger partial charge in [0.1, 0.15) is 0 Å². The second-order valence-electron chi connectivity index (χ2n) is 5.93. The van der Waals surface area contributed by atoms with Crippen molar-refractivity contribution in [1.82, 2.24) is 4.90 Å². The molecule has 1 saturated heterocycles. The van der Waals surface area contributed by atoms with Crippen LogP contribution in [0.2, 0.25) is 0 Å². The van der Waals surface area contributed by atoms with Crippen molar-refractivity contribution in [3.8, 4) is 0 Å². The summed E-state index contributed by atoms with van der Waals surface area (Å²) in [5.41, 5.74) is 7.30. The number of amides is 2. The zero-order valence-electron chi connectivity index (χ0n) is 13.7. The highest BCUT2D eigenvalue weighted by Crippen LogP contribution is 2.16. The fraction of sp³-hybridized carbons (Fsp3) is 0.389. The minimum absolute atomic E-state index is 0.297. The lowest BCUT2D eigenvalue weighted by Gasteiger charge is -2.30. The Morgan fingerprint density at radius 3 is 2.67 bits per heavy atom. The molecule has 6 heteroatoms. The third-order valence-electron chi connectivity index (χ3n) is 4.00. The van der Waals surface area contributed by atoms with Gasteiger partial charge in [0.25, 0.3) is 5.91 Å². The van der Waals surface area contributed by atoms with Crippen LogP contribution in [-0.2, 0) is 19.1 Å². The quantitative estimate of drug-likeness (QED) is 0.650. The molecule has 0 spiro atoms. The van der Waals surface area contributed by atoms with Gasteiger partial charge in [-0.3, -0.25) is 9.59 Å². The minimum atomic E-state index is -0.576. The van der Waals surface area contributed by atoms with Gasteiger partial charge in [0, 0.05) is 19.2 Å². The van der Waals surface area contributed by atoms with E-state index in [2.05, 4.69) is 0 Å². The molecule has 6 nitrogen and oxygen atoms in total. The Bertz CT molecular complexity index is 637. The number of primary amides is 1. The first kappa shape index (κ1) is 17.7. The van der Waals surface area contributed by atoms with E-state index < -0.39 is 11.9 Å². The first-order valence-electron chi connectivity index (χ1n) is 7.94. The number of esters is 1. The molecule has 0 aliphatic carbocycles. The van der Waals surface area contributed by atoms with Crippen LogP contribution in [0.1, 0.15) is 24.0 Å². The van der Waals surface area contributed by atoms with Crippen LogP contribution < -0.4 is 5.73 Å². The zero-order valence-corrected chi connectivity index (χ0v) is 13.7. The molecule has 1 aromatic rings. The van der Waals surface area contributed by atoms with Crippen molar-refractivity contribution < 1.29 is 19.1 Å². The number of rotatable bonds is 5. The molecule has 2 rings (SSSR count). The zero-order chi connectivity index (χ0) is 17.5. The summed E-state index contributed by atoms with van der Waals surface area (Å²) < 4.78 is 4.97. The van der Waals surface area contributed by atoms with Gasteiger partial charge in [-0.2, -0.15) is 0 Å². The number of ether oxygens (including phenoxy) is 1. The van der Waals surface area contributed by atoms with Crippen molar-refractivity contribution in [1.29, 1.82) is 0 Å². The highest BCUT2D eigenvalue weighted by atomic mass is 16.5. The summed E-state index contributed by atoms with van der Waals surface area (Å²) in [6, 6.07) is 7.67. The van der Waals surface area contributed by atoms with Gasteiger partial charge in [0.2, 0.25) is 5.91 Å². The Morgan fingerprint density at radius 2 is 2.00 bits per heavy atom. The molecule has 2 amide bonds. The van der Waals surface area contributed by atoms with Crippen LogP contribution in [0.5, 0.6) is 0 Å². The number of piperidine rings is 1. The summed E-state index contributed by atoms with van der Waals surface area (Å²) in [4.78, 5) is 36.5. The van der Waals surface area contributed by atoms with Crippen molar-refractivity contribution in [2.45, 2.75) is 19.8 Å². The number of carbonyl (C=O) groups is 3. The highest BCUT2D eigenvalue weighted by Gasteiger charge is 2.27. The Balaban J connectivity index is 1.79. The summed E-state index contributed by atoms with van der Waals surface area (Å²) in [7, 11) is 0. The Labute approximate surface area is 141 Å². The maximum absolute atomic E-state index is 12.1. The average Bonchev–Trinajstić information content (AvgIpc) is 2.59. The number of likely N-dealkylation sites (tertiary alicyclic amines) is 1. The third-order valence-corrected chi connectivity index (χ3v) is 4.00. The minimum Gasteiger partial charge on any atom is -0.452 e. The number of benzene rings is 1. The summed E-state index contributed by atoms with van der Waals surface area (Å²) in [5.74, 6) is -1.60. The number of hydrogen-bond acceptors (Lipinski definition) is 4. The molecule has 0 aromatic heterocycles. The van der Waals surface area contributed by atoms with E-state index in [1.54, 1.807) is 6.08 Å². The molecule has 0 unspecified atom stereocenters. The average molecular weight is 330 g/mol. The number of aryl methyl sites for hydroxylation is 1. The lowest BCUT2D eigenvalue weighted by Crippen LogP contribution is -2.45. The van der Waals surface area contributed by atoms with Crippen molar-refractivity contribution in [2.24, 2.45) is 11.7 Å². The molecule has 24 heavy (non-hydrogen) atoms. The number of nitrogens with two attached hydrogens (primary N) is 1. The van der Waals surface area contributed by atoms with Gasteiger partial charge in [-0.25, -0.2) is 4.79 Å². The SMILES string of the molecule is Cc1ccc(/C=C/C(=O)OCC(=O)N2CCC[C@@H](C(N)=O)C2)cc1. The maximum atomic E-state index is 12.1. The molecule has 1 heterocycles. The van der Waals surface area contributed by atoms with E-state index in [1.807, 2.05) is 31.2 Å². The van der Waals surface area contributed by atoms with Gasteiger partial charge in [-0.15, -0.1) is 0 Å². The first-order chi connectivity index (χ1) is 11.5. The van der Waals surface area contributed by atoms with E-state index in [-0.39, 0.29) is 18.4 Å². The Morgan fingerprint density at radius 1 is 1.29 bits per heavy atom. The van der Waals surface area contributed by atoms with Crippen molar-refractivity contribution >= 4 is 23.9 Å². The molecule has 2 N–H and O–H groups in total. The van der Waals surface area contributed by atoms with Crippen LogP contribution in [0.15, 0.2) is 30.3 Å². The van der Waals surface area contributed by atoms with Crippen molar-refractivity contribution in [3.63, 3.8) is 0 Å². The normalized spacial score (nSPS) is 17.7. The third kappa shape index (κ3) is 5.22. The van der Waals surface area contributed by atoms with E-state index in [0.717, 1.165) is 17.5 Å². The van der Waals surface area contributed by atoms with Crippen molar-refractivity contribution in [3.05, 3.63) is 41.5 Å². The van der Waals surface area contributed by atoms with E-state index in [0.29, 0.717) is 19.5 Å². The fourth-order valence-corrected chi connectivity index (χ4v) is 2.55.